The Kier molecular flexibility index (Phi) is 8.65. The molecule has 1 aliphatic carbocycles. The van der Waals surface area contributed by atoms with Gasteiger partial charge in [0.15, 0.2) is 0 Å². The van der Waals surface area contributed by atoms with Gasteiger partial charge in [-0.15, -0.1) is 0 Å². The highest BCUT2D eigenvalue weighted by Crippen LogP contribution is 2.32. The number of fused-ring (bicyclic) bond motifs is 1. The molecule has 0 bridgehead atoms. The summed E-state index contributed by atoms with van der Waals surface area (Å²) in [4.78, 5) is 2.45. The van der Waals surface area contributed by atoms with Crippen LogP contribution < -0.4 is 10.5 Å². The molecule has 202 valence electrons. The molecule has 0 fully saturated rings. The highest BCUT2D eigenvalue weighted by molar-refractivity contribution is 5.54. The number of nitrogens with zero attached hydrogens (tertiary/aromatic N) is 1. The molecule has 4 aromatic carbocycles. The second-order valence-electron chi connectivity index (χ2n) is 10.7. The molecule has 0 aliphatic heterocycles. The lowest BCUT2D eigenvalue weighted by Gasteiger charge is -2.31. The molecule has 4 heteroatoms. The number of hydrogen-bond donors (Lipinski definition) is 2. The third kappa shape index (κ3) is 6.52. The van der Waals surface area contributed by atoms with Crippen LogP contribution in [0.15, 0.2) is 91.0 Å². The standard InChI is InChI=1S/C35H40N2O2/c1-3-27-17-30-19-32(20-31(30)18-28(27)4-2)37(22-25-11-7-5-8-12-25)23-34(38)29-15-16-35(33(36)21-29)39-24-26-13-9-6-10-14-26/h5-18,21,32,34,38H,3-4,19-20,22-24,36H2,1-2H3. The molecule has 0 saturated carbocycles. The molecule has 1 aliphatic rings. The Balaban J connectivity index is 1.32. The van der Waals surface area contributed by atoms with E-state index in [9.17, 15) is 5.11 Å². The van der Waals surface area contributed by atoms with Crippen molar-refractivity contribution in [2.75, 3.05) is 12.3 Å². The van der Waals surface area contributed by atoms with Gasteiger partial charge in [-0.05, 0) is 76.8 Å². The number of benzene rings is 4. The van der Waals surface area contributed by atoms with Gasteiger partial charge in [0.1, 0.15) is 12.4 Å². The number of aliphatic hydroxyl groups is 1. The van der Waals surface area contributed by atoms with Crippen molar-refractivity contribution in [1.82, 2.24) is 4.90 Å². The first-order valence-corrected chi connectivity index (χ1v) is 14.2. The van der Waals surface area contributed by atoms with E-state index in [-0.39, 0.29) is 0 Å². The maximum Gasteiger partial charge on any atom is 0.142 e. The summed E-state index contributed by atoms with van der Waals surface area (Å²) in [5.41, 5.74) is 15.9. The minimum atomic E-state index is -0.652. The first-order chi connectivity index (χ1) is 19.0. The lowest BCUT2D eigenvalue weighted by molar-refractivity contribution is 0.0836. The van der Waals surface area contributed by atoms with Crippen LogP contribution in [0.4, 0.5) is 5.69 Å². The average molecular weight is 521 g/mol. The average Bonchev–Trinajstić information content (AvgIpc) is 3.39. The summed E-state index contributed by atoms with van der Waals surface area (Å²) in [7, 11) is 0. The highest BCUT2D eigenvalue weighted by atomic mass is 16.5. The second kappa shape index (κ2) is 12.5. The summed E-state index contributed by atoms with van der Waals surface area (Å²) >= 11 is 0. The zero-order valence-corrected chi connectivity index (χ0v) is 23.1. The molecule has 0 saturated heterocycles. The van der Waals surface area contributed by atoms with Gasteiger partial charge in [0.05, 0.1) is 11.8 Å². The van der Waals surface area contributed by atoms with Gasteiger partial charge in [-0.2, -0.15) is 0 Å². The summed E-state index contributed by atoms with van der Waals surface area (Å²) in [5.74, 6) is 0.639. The highest BCUT2D eigenvalue weighted by Gasteiger charge is 2.29. The van der Waals surface area contributed by atoms with Crippen LogP contribution in [-0.2, 0) is 38.8 Å². The summed E-state index contributed by atoms with van der Waals surface area (Å²) in [5, 5.41) is 11.4. The number of aryl methyl sites for hydroxylation is 2. The number of aliphatic hydroxyl groups excluding tert-OH is 1. The molecular formula is C35H40N2O2. The molecule has 4 nitrogen and oxygen atoms in total. The van der Waals surface area contributed by atoms with Crippen molar-refractivity contribution in [3.05, 3.63) is 130 Å². The van der Waals surface area contributed by atoms with Crippen LogP contribution in [0.25, 0.3) is 0 Å². The van der Waals surface area contributed by atoms with E-state index in [1.165, 1.54) is 27.8 Å². The van der Waals surface area contributed by atoms with Gasteiger partial charge >= 0.3 is 0 Å². The third-order valence-electron chi connectivity index (χ3n) is 8.00. The number of anilines is 1. The van der Waals surface area contributed by atoms with Crippen LogP contribution >= 0.6 is 0 Å². The zero-order chi connectivity index (χ0) is 27.2. The van der Waals surface area contributed by atoms with E-state index >= 15 is 0 Å². The predicted octanol–water partition coefficient (Wildman–Crippen LogP) is 6.68. The number of nitrogens with two attached hydrogens (primary N) is 1. The van der Waals surface area contributed by atoms with Gasteiger partial charge in [-0.1, -0.05) is 92.7 Å². The molecule has 39 heavy (non-hydrogen) atoms. The van der Waals surface area contributed by atoms with Crippen LogP contribution in [0.1, 0.15) is 58.9 Å². The molecule has 0 heterocycles. The maximum atomic E-state index is 11.4. The number of rotatable bonds is 11. The summed E-state index contributed by atoms with van der Waals surface area (Å²) in [6.45, 7) is 6.29. The van der Waals surface area contributed by atoms with Gasteiger partial charge in [0.25, 0.3) is 0 Å². The monoisotopic (exact) mass is 520 g/mol. The van der Waals surface area contributed by atoms with E-state index in [0.717, 1.165) is 43.4 Å². The molecule has 0 radical (unpaired) electrons. The fourth-order valence-corrected chi connectivity index (χ4v) is 5.80. The maximum absolute atomic E-state index is 11.4. The van der Waals surface area contributed by atoms with Crippen molar-refractivity contribution >= 4 is 5.69 Å². The Morgan fingerprint density at radius 3 is 1.97 bits per heavy atom. The predicted molar refractivity (Wildman–Crippen MR) is 160 cm³/mol. The minimum absolute atomic E-state index is 0.345. The third-order valence-corrected chi connectivity index (χ3v) is 8.00. The summed E-state index contributed by atoms with van der Waals surface area (Å²) < 4.78 is 5.96. The van der Waals surface area contributed by atoms with E-state index in [1.807, 2.05) is 48.5 Å². The van der Waals surface area contributed by atoms with E-state index < -0.39 is 6.10 Å². The Labute approximate surface area is 233 Å². The van der Waals surface area contributed by atoms with Gasteiger partial charge in [-0.25, -0.2) is 0 Å². The van der Waals surface area contributed by atoms with Crippen molar-refractivity contribution in [2.45, 2.75) is 64.8 Å². The van der Waals surface area contributed by atoms with Gasteiger partial charge < -0.3 is 15.6 Å². The molecule has 5 rings (SSSR count). The Hall–Kier alpha value is -3.60. The van der Waals surface area contributed by atoms with E-state index in [4.69, 9.17) is 10.5 Å². The van der Waals surface area contributed by atoms with Crippen LogP contribution in [0.3, 0.4) is 0 Å². The fraction of sp³-hybridized carbons (Fsp3) is 0.314. The number of ether oxygens (including phenoxy) is 1. The number of hydrogen-bond acceptors (Lipinski definition) is 4. The quantitative estimate of drug-likeness (QED) is 0.217. The second-order valence-corrected chi connectivity index (χ2v) is 10.7. The first-order valence-electron chi connectivity index (χ1n) is 14.2. The zero-order valence-electron chi connectivity index (χ0n) is 23.1. The lowest BCUT2D eigenvalue weighted by Crippen LogP contribution is -2.38. The fourth-order valence-electron chi connectivity index (χ4n) is 5.80. The largest absolute Gasteiger partial charge is 0.487 e. The molecular weight excluding hydrogens is 480 g/mol. The van der Waals surface area contributed by atoms with E-state index in [2.05, 4.69) is 61.2 Å². The summed E-state index contributed by atoms with van der Waals surface area (Å²) in [6.07, 6.45) is 3.51. The van der Waals surface area contributed by atoms with Crippen molar-refractivity contribution in [1.29, 1.82) is 0 Å². The molecule has 0 spiro atoms. The summed E-state index contributed by atoms with van der Waals surface area (Å²) in [6, 6.07) is 31.5. The van der Waals surface area contributed by atoms with Crippen molar-refractivity contribution in [3.8, 4) is 5.75 Å². The van der Waals surface area contributed by atoms with Gasteiger partial charge in [0.2, 0.25) is 0 Å². The molecule has 4 aromatic rings. The SMILES string of the molecule is CCc1cc2c(cc1CC)CC(N(Cc1ccccc1)CC(O)c1ccc(OCc3ccccc3)c(N)c1)C2. The topological polar surface area (TPSA) is 58.7 Å². The van der Waals surface area contributed by atoms with Crippen LogP contribution in [0.5, 0.6) is 5.75 Å². The van der Waals surface area contributed by atoms with Crippen LogP contribution in [0.2, 0.25) is 0 Å². The van der Waals surface area contributed by atoms with Crippen LogP contribution in [-0.4, -0.2) is 22.6 Å². The molecule has 0 aromatic heterocycles. The van der Waals surface area contributed by atoms with Crippen molar-refractivity contribution < 1.29 is 9.84 Å². The van der Waals surface area contributed by atoms with Gasteiger partial charge in [-0.3, -0.25) is 4.90 Å². The molecule has 0 amide bonds. The molecule has 1 unspecified atom stereocenters. The molecule has 3 N–H and O–H groups in total. The Morgan fingerprint density at radius 2 is 1.41 bits per heavy atom. The van der Waals surface area contributed by atoms with Gasteiger partial charge in [0, 0.05) is 19.1 Å². The van der Waals surface area contributed by atoms with E-state index in [0.29, 0.717) is 30.6 Å². The number of nitrogen functional groups attached to an aromatic ring is 1. The smallest absolute Gasteiger partial charge is 0.142 e. The van der Waals surface area contributed by atoms with Crippen molar-refractivity contribution in [3.63, 3.8) is 0 Å². The first kappa shape index (κ1) is 27.0. The normalized spacial score (nSPS) is 13.9. The van der Waals surface area contributed by atoms with E-state index in [1.54, 1.807) is 0 Å². The van der Waals surface area contributed by atoms with Crippen LogP contribution in [0, 0.1) is 0 Å². The molecule has 1 atom stereocenters. The lowest BCUT2D eigenvalue weighted by atomic mass is 9.97. The van der Waals surface area contributed by atoms with Crippen molar-refractivity contribution in [2.24, 2.45) is 0 Å². The minimum Gasteiger partial charge on any atom is -0.487 e. The Bertz CT molecular complexity index is 1340. The Morgan fingerprint density at radius 1 is 0.821 bits per heavy atom.